The summed E-state index contributed by atoms with van der Waals surface area (Å²) in [6.45, 7) is 8.82. The summed E-state index contributed by atoms with van der Waals surface area (Å²) < 4.78 is 0. The number of hydrogen-bond acceptors (Lipinski definition) is 2. The monoisotopic (exact) mass is 452 g/mol. The van der Waals surface area contributed by atoms with Crippen molar-refractivity contribution in [3.8, 4) is 0 Å². The lowest BCUT2D eigenvalue weighted by Crippen LogP contribution is -1.98. The van der Waals surface area contributed by atoms with Gasteiger partial charge in [0.2, 0.25) is 0 Å². The Bertz CT molecular complexity index is 456. The summed E-state index contributed by atoms with van der Waals surface area (Å²) in [5, 5.41) is 16.3. The van der Waals surface area contributed by atoms with E-state index in [0.717, 1.165) is 18.9 Å². The van der Waals surface area contributed by atoms with Crippen molar-refractivity contribution in [3.05, 3.63) is 24.8 Å². The maximum absolute atomic E-state index is 10.6. The number of carboxylic acids is 2. The molecule has 0 rings (SSSR count). The Morgan fingerprint density at radius 2 is 0.844 bits per heavy atom. The summed E-state index contributed by atoms with van der Waals surface area (Å²) in [6.07, 6.45) is 28.9. The van der Waals surface area contributed by atoms with Gasteiger partial charge in [0.25, 0.3) is 0 Å². The standard InChI is InChI=1S/C25H48O2.C3H4O2/c1-3-4-5-6-7-8-9-10-11-12-13-14-15-16-17-18-19-20-21-22-23-24(2)25(26)27;1-2-3(4)5/h2-23H2,1H3,(H,26,27);2H,1H2,(H,4,5). The van der Waals surface area contributed by atoms with Gasteiger partial charge in [-0.25, -0.2) is 9.59 Å². The highest BCUT2D eigenvalue weighted by atomic mass is 16.4. The molecule has 0 bridgehead atoms. The van der Waals surface area contributed by atoms with E-state index in [9.17, 15) is 9.59 Å². The Morgan fingerprint density at radius 1 is 0.594 bits per heavy atom. The molecule has 4 nitrogen and oxygen atoms in total. The molecule has 188 valence electrons. The Kier molecular flexibility index (Phi) is 28.0. The zero-order valence-corrected chi connectivity index (χ0v) is 21.1. The molecule has 0 aliphatic rings. The summed E-state index contributed by atoms with van der Waals surface area (Å²) in [4.78, 5) is 19.9. The molecular weight excluding hydrogens is 400 g/mol. The Morgan fingerprint density at radius 3 is 1.06 bits per heavy atom. The molecule has 0 heterocycles. The Hall–Kier alpha value is -1.58. The summed E-state index contributed by atoms with van der Waals surface area (Å²) >= 11 is 0. The van der Waals surface area contributed by atoms with Gasteiger partial charge in [0.1, 0.15) is 0 Å². The van der Waals surface area contributed by atoms with Crippen LogP contribution < -0.4 is 0 Å². The lowest BCUT2D eigenvalue weighted by atomic mass is 10.0. The zero-order chi connectivity index (χ0) is 24.3. The lowest BCUT2D eigenvalue weighted by Gasteiger charge is -2.04. The van der Waals surface area contributed by atoms with Crippen LogP contribution in [0.5, 0.6) is 0 Å². The van der Waals surface area contributed by atoms with Crippen molar-refractivity contribution in [2.24, 2.45) is 0 Å². The Balaban J connectivity index is 0. The fraction of sp³-hybridized carbons (Fsp3) is 0.786. The third kappa shape index (κ3) is 30.6. The molecule has 0 saturated carbocycles. The molecule has 4 heteroatoms. The first-order valence-electron chi connectivity index (χ1n) is 13.2. The molecule has 32 heavy (non-hydrogen) atoms. The summed E-state index contributed by atoms with van der Waals surface area (Å²) in [7, 11) is 0. The van der Waals surface area contributed by atoms with Gasteiger partial charge in [0, 0.05) is 11.6 Å². The van der Waals surface area contributed by atoms with Crippen molar-refractivity contribution in [2.75, 3.05) is 0 Å². The minimum absolute atomic E-state index is 0.359. The van der Waals surface area contributed by atoms with Crippen LogP contribution in [0.2, 0.25) is 0 Å². The first-order chi connectivity index (χ1) is 15.5. The molecule has 2 N–H and O–H groups in total. The van der Waals surface area contributed by atoms with E-state index in [0.29, 0.717) is 12.0 Å². The van der Waals surface area contributed by atoms with Crippen LogP contribution in [0.25, 0.3) is 0 Å². The first-order valence-corrected chi connectivity index (χ1v) is 13.2. The fourth-order valence-corrected chi connectivity index (χ4v) is 3.70. The van der Waals surface area contributed by atoms with E-state index < -0.39 is 11.9 Å². The molecule has 0 saturated heterocycles. The van der Waals surface area contributed by atoms with Crippen molar-refractivity contribution >= 4 is 11.9 Å². The predicted molar refractivity (Wildman–Crippen MR) is 137 cm³/mol. The van der Waals surface area contributed by atoms with Crippen LogP contribution >= 0.6 is 0 Å². The van der Waals surface area contributed by atoms with E-state index in [1.807, 2.05) is 0 Å². The molecular formula is C28H52O4. The van der Waals surface area contributed by atoms with Crippen molar-refractivity contribution in [1.82, 2.24) is 0 Å². The first kappa shape index (κ1) is 32.6. The van der Waals surface area contributed by atoms with Gasteiger partial charge in [-0.2, -0.15) is 0 Å². The number of carbonyl (C=O) groups is 2. The second-order valence-corrected chi connectivity index (χ2v) is 8.92. The SMILES string of the molecule is C=C(CCCCCCCCCCCCCCCCCCCCCC)C(=O)O.C=CC(=O)O. The zero-order valence-electron chi connectivity index (χ0n) is 21.1. The summed E-state index contributed by atoms with van der Waals surface area (Å²) in [6, 6.07) is 0. The minimum Gasteiger partial charge on any atom is -0.478 e. The molecule has 0 unspecified atom stereocenters. The molecule has 0 radical (unpaired) electrons. The van der Waals surface area contributed by atoms with E-state index in [4.69, 9.17) is 10.2 Å². The third-order valence-corrected chi connectivity index (χ3v) is 5.81. The van der Waals surface area contributed by atoms with Gasteiger partial charge >= 0.3 is 11.9 Å². The number of carboxylic acid groups (broad SMARTS) is 2. The smallest absolute Gasteiger partial charge is 0.330 e. The van der Waals surface area contributed by atoms with Crippen molar-refractivity contribution in [3.63, 3.8) is 0 Å². The molecule has 0 aromatic rings. The van der Waals surface area contributed by atoms with Crippen LogP contribution in [0.4, 0.5) is 0 Å². The van der Waals surface area contributed by atoms with Gasteiger partial charge in [-0.1, -0.05) is 142 Å². The van der Waals surface area contributed by atoms with Crippen LogP contribution in [-0.2, 0) is 9.59 Å². The lowest BCUT2D eigenvalue weighted by molar-refractivity contribution is -0.133. The van der Waals surface area contributed by atoms with Crippen LogP contribution in [0.3, 0.4) is 0 Å². The molecule has 0 spiro atoms. The van der Waals surface area contributed by atoms with E-state index >= 15 is 0 Å². The van der Waals surface area contributed by atoms with Crippen LogP contribution in [-0.4, -0.2) is 22.2 Å². The van der Waals surface area contributed by atoms with Crippen molar-refractivity contribution < 1.29 is 19.8 Å². The molecule has 0 aliphatic heterocycles. The Labute approximate surface area is 198 Å². The third-order valence-electron chi connectivity index (χ3n) is 5.81. The van der Waals surface area contributed by atoms with Crippen LogP contribution in [0, 0.1) is 0 Å². The molecule has 0 aromatic carbocycles. The molecule has 0 atom stereocenters. The second-order valence-electron chi connectivity index (χ2n) is 8.92. The van der Waals surface area contributed by atoms with Crippen molar-refractivity contribution in [2.45, 2.75) is 142 Å². The van der Waals surface area contributed by atoms with E-state index in [1.54, 1.807) is 0 Å². The molecule has 0 aliphatic carbocycles. The summed E-state index contributed by atoms with van der Waals surface area (Å²) in [5.41, 5.74) is 0.359. The molecule has 0 fully saturated rings. The number of rotatable bonds is 23. The fourth-order valence-electron chi connectivity index (χ4n) is 3.70. The van der Waals surface area contributed by atoms with Crippen LogP contribution in [0.15, 0.2) is 24.8 Å². The maximum atomic E-state index is 10.6. The summed E-state index contributed by atoms with van der Waals surface area (Å²) in [5.74, 6) is -1.82. The van der Waals surface area contributed by atoms with E-state index in [2.05, 4.69) is 20.1 Å². The highest BCUT2D eigenvalue weighted by Gasteiger charge is 2.02. The van der Waals surface area contributed by atoms with Gasteiger partial charge < -0.3 is 10.2 Å². The van der Waals surface area contributed by atoms with Gasteiger partial charge in [-0.05, 0) is 12.8 Å². The largest absolute Gasteiger partial charge is 0.478 e. The number of hydrogen-bond donors (Lipinski definition) is 2. The normalized spacial score (nSPS) is 10.3. The quantitative estimate of drug-likeness (QED) is 0.120. The van der Waals surface area contributed by atoms with Crippen LogP contribution in [0.1, 0.15) is 142 Å². The molecule has 0 amide bonds. The van der Waals surface area contributed by atoms with Gasteiger partial charge in [0.15, 0.2) is 0 Å². The van der Waals surface area contributed by atoms with Crippen molar-refractivity contribution in [1.29, 1.82) is 0 Å². The highest BCUT2D eigenvalue weighted by molar-refractivity contribution is 5.85. The number of unbranched alkanes of at least 4 members (excludes halogenated alkanes) is 19. The average Bonchev–Trinajstić information content (AvgIpc) is 2.77. The minimum atomic E-state index is -0.981. The van der Waals surface area contributed by atoms with Gasteiger partial charge in [0.05, 0.1) is 0 Å². The predicted octanol–water partition coefficient (Wildman–Crippen LogP) is 9.10. The number of aliphatic carboxylic acids is 2. The van der Waals surface area contributed by atoms with Gasteiger partial charge in [-0.3, -0.25) is 0 Å². The molecule has 0 aromatic heterocycles. The van der Waals surface area contributed by atoms with E-state index in [-0.39, 0.29) is 0 Å². The highest BCUT2D eigenvalue weighted by Crippen LogP contribution is 2.15. The van der Waals surface area contributed by atoms with Gasteiger partial charge in [-0.15, -0.1) is 0 Å². The topological polar surface area (TPSA) is 74.6 Å². The van der Waals surface area contributed by atoms with E-state index in [1.165, 1.54) is 116 Å². The average molecular weight is 453 g/mol. The second kappa shape index (κ2) is 27.5. The maximum Gasteiger partial charge on any atom is 0.330 e.